The van der Waals surface area contributed by atoms with Gasteiger partial charge in [-0.2, -0.15) is 0 Å². The van der Waals surface area contributed by atoms with E-state index < -0.39 is 5.92 Å². The Labute approximate surface area is 187 Å². The molecule has 168 valence electrons. The number of amides is 3. The lowest BCUT2D eigenvalue weighted by atomic mass is 9.98. The lowest BCUT2D eigenvalue weighted by molar-refractivity contribution is -0.152. The third-order valence-electron chi connectivity index (χ3n) is 5.76. The van der Waals surface area contributed by atoms with Crippen LogP contribution in [0.4, 0.5) is 5.69 Å². The zero-order chi connectivity index (χ0) is 22.5. The van der Waals surface area contributed by atoms with Crippen molar-refractivity contribution < 1.29 is 23.9 Å². The van der Waals surface area contributed by atoms with Crippen molar-refractivity contribution in [3.05, 3.63) is 29.3 Å². The monoisotopic (exact) mass is 449 g/mol. The van der Waals surface area contributed by atoms with Crippen LogP contribution in [-0.2, 0) is 23.9 Å². The number of likely N-dealkylation sites (N-methyl/N-ethyl adjacent to an activating group) is 1. The van der Waals surface area contributed by atoms with Gasteiger partial charge in [-0.05, 0) is 44.0 Å². The molecule has 2 fully saturated rings. The van der Waals surface area contributed by atoms with Crippen molar-refractivity contribution in [1.29, 1.82) is 0 Å². The summed E-state index contributed by atoms with van der Waals surface area (Å²) in [6.07, 6.45) is 1.52. The number of nitrogens with zero attached hydrogens (tertiary/aromatic N) is 3. The van der Waals surface area contributed by atoms with Gasteiger partial charge in [-0.15, -0.1) is 0 Å². The van der Waals surface area contributed by atoms with Crippen LogP contribution in [0.25, 0.3) is 0 Å². The molecule has 0 aliphatic carbocycles. The first kappa shape index (κ1) is 23.1. The van der Waals surface area contributed by atoms with Crippen molar-refractivity contribution >= 4 is 41.0 Å². The van der Waals surface area contributed by atoms with Gasteiger partial charge in [-0.3, -0.25) is 19.2 Å². The second kappa shape index (κ2) is 10.1. The molecule has 2 atom stereocenters. The molecule has 3 amide bonds. The van der Waals surface area contributed by atoms with Crippen LogP contribution in [0, 0.1) is 11.8 Å². The first-order valence-electron chi connectivity index (χ1n) is 10.6. The molecule has 0 spiro atoms. The van der Waals surface area contributed by atoms with E-state index in [1.807, 2.05) is 0 Å². The van der Waals surface area contributed by atoms with Crippen molar-refractivity contribution in [1.82, 2.24) is 9.80 Å². The molecule has 2 heterocycles. The minimum Gasteiger partial charge on any atom is -0.466 e. The molecular weight excluding hydrogens is 422 g/mol. The zero-order valence-corrected chi connectivity index (χ0v) is 18.6. The average Bonchev–Trinajstić information content (AvgIpc) is 3.15. The van der Waals surface area contributed by atoms with E-state index in [0.717, 1.165) is 6.42 Å². The number of halogens is 1. The smallest absolute Gasteiger partial charge is 0.310 e. The van der Waals surface area contributed by atoms with E-state index in [-0.39, 0.29) is 49.1 Å². The number of likely N-dealkylation sites (tertiary alicyclic amines) is 1. The van der Waals surface area contributed by atoms with Gasteiger partial charge in [0.05, 0.1) is 25.0 Å². The molecule has 2 unspecified atom stereocenters. The summed E-state index contributed by atoms with van der Waals surface area (Å²) in [5.74, 6) is -1.68. The normalized spacial score (nSPS) is 21.2. The number of carbonyl (C=O) groups is 4. The number of carbonyl (C=O) groups excluding carboxylic acids is 4. The van der Waals surface area contributed by atoms with Crippen LogP contribution in [0.5, 0.6) is 0 Å². The van der Waals surface area contributed by atoms with Gasteiger partial charge < -0.3 is 19.4 Å². The molecule has 2 aliphatic heterocycles. The van der Waals surface area contributed by atoms with Crippen LogP contribution in [0.15, 0.2) is 24.3 Å². The predicted octanol–water partition coefficient (Wildman–Crippen LogP) is 1.95. The second-order valence-electron chi connectivity index (χ2n) is 8.01. The molecule has 0 bridgehead atoms. The fraction of sp³-hybridized carbons (Fsp3) is 0.545. The quantitative estimate of drug-likeness (QED) is 0.619. The summed E-state index contributed by atoms with van der Waals surface area (Å²) in [7, 11) is 1.57. The summed E-state index contributed by atoms with van der Waals surface area (Å²) < 4.78 is 5.07. The highest BCUT2D eigenvalue weighted by atomic mass is 35.5. The highest BCUT2D eigenvalue weighted by Crippen LogP contribution is 2.27. The summed E-state index contributed by atoms with van der Waals surface area (Å²) in [4.78, 5) is 54.6. The van der Waals surface area contributed by atoms with E-state index in [1.165, 1.54) is 4.90 Å². The summed E-state index contributed by atoms with van der Waals surface area (Å²) in [6, 6.07) is 6.89. The Kier molecular flexibility index (Phi) is 7.54. The maximum Gasteiger partial charge on any atom is 0.310 e. The second-order valence-corrected chi connectivity index (χ2v) is 8.44. The van der Waals surface area contributed by atoms with Gasteiger partial charge in [0, 0.05) is 43.8 Å². The standard InChI is InChI=1S/C22H28ClN3O5/c1-3-31-22(30)15-5-4-10-25(12-15)20(28)14-24(2)21(29)16-11-19(27)26(13-16)18-8-6-17(23)7-9-18/h6-9,15-16H,3-5,10-14H2,1-2H3. The Morgan fingerprint density at radius 1 is 1.16 bits per heavy atom. The molecule has 0 aromatic heterocycles. The molecular formula is C22H28ClN3O5. The maximum absolute atomic E-state index is 12.9. The van der Waals surface area contributed by atoms with Crippen LogP contribution < -0.4 is 4.90 Å². The highest BCUT2D eigenvalue weighted by molar-refractivity contribution is 6.30. The molecule has 8 nitrogen and oxygen atoms in total. The van der Waals surface area contributed by atoms with Gasteiger partial charge in [0.15, 0.2) is 0 Å². The zero-order valence-electron chi connectivity index (χ0n) is 17.9. The molecule has 3 rings (SSSR count). The van der Waals surface area contributed by atoms with E-state index in [2.05, 4.69) is 0 Å². The van der Waals surface area contributed by atoms with Gasteiger partial charge in [0.2, 0.25) is 17.7 Å². The Bertz CT molecular complexity index is 844. The topological polar surface area (TPSA) is 87.2 Å². The molecule has 2 saturated heterocycles. The van der Waals surface area contributed by atoms with E-state index in [1.54, 1.807) is 48.0 Å². The lowest BCUT2D eigenvalue weighted by Gasteiger charge is -2.33. The number of benzene rings is 1. The molecule has 0 N–H and O–H groups in total. The highest BCUT2D eigenvalue weighted by Gasteiger charge is 2.37. The molecule has 2 aliphatic rings. The van der Waals surface area contributed by atoms with E-state index in [9.17, 15) is 19.2 Å². The molecule has 1 aromatic carbocycles. The van der Waals surface area contributed by atoms with E-state index in [4.69, 9.17) is 16.3 Å². The predicted molar refractivity (Wildman–Crippen MR) is 115 cm³/mol. The van der Waals surface area contributed by atoms with E-state index in [0.29, 0.717) is 36.8 Å². The van der Waals surface area contributed by atoms with Crippen LogP contribution in [0.2, 0.25) is 5.02 Å². The maximum atomic E-state index is 12.9. The summed E-state index contributed by atoms with van der Waals surface area (Å²) in [6.45, 7) is 3.13. The van der Waals surface area contributed by atoms with Crippen molar-refractivity contribution in [3.63, 3.8) is 0 Å². The van der Waals surface area contributed by atoms with E-state index >= 15 is 0 Å². The van der Waals surface area contributed by atoms with Crippen molar-refractivity contribution in [2.75, 3.05) is 44.7 Å². The number of hydrogen-bond donors (Lipinski definition) is 0. The first-order chi connectivity index (χ1) is 14.8. The molecule has 9 heteroatoms. The summed E-state index contributed by atoms with van der Waals surface area (Å²) >= 11 is 5.90. The number of ether oxygens (including phenoxy) is 1. The molecule has 1 aromatic rings. The number of piperidine rings is 1. The minimum atomic E-state index is -0.505. The third-order valence-corrected chi connectivity index (χ3v) is 6.01. The van der Waals surface area contributed by atoms with Gasteiger partial charge in [0.1, 0.15) is 0 Å². The Hall–Kier alpha value is -2.61. The molecule has 31 heavy (non-hydrogen) atoms. The summed E-state index contributed by atoms with van der Waals surface area (Å²) in [5, 5.41) is 0.573. The van der Waals surface area contributed by atoms with Crippen LogP contribution in [-0.4, -0.2) is 73.3 Å². The number of hydrogen-bond acceptors (Lipinski definition) is 5. The Morgan fingerprint density at radius 3 is 2.55 bits per heavy atom. The number of esters is 1. The average molecular weight is 450 g/mol. The lowest BCUT2D eigenvalue weighted by Crippen LogP contribution is -2.48. The van der Waals surface area contributed by atoms with Crippen LogP contribution >= 0.6 is 11.6 Å². The van der Waals surface area contributed by atoms with Crippen molar-refractivity contribution in [3.8, 4) is 0 Å². The molecule has 0 radical (unpaired) electrons. The van der Waals surface area contributed by atoms with Gasteiger partial charge in [-0.1, -0.05) is 11.6 Å². The molecule has 0 saturated carbocycles. The number of anilines is 1. The van der Waals surface area contributed by atoms with Crippen molar-refractivity contribution in [2.24, 2.45) is 11.8 Å². The first-order valence-corrected chi connectivity index (χ1v) is 10.9. The van der Waals surface area contributed by atoms with Gasteiger partial charge in [0.25, 0.3) is 0 Å². The Morgan fingerprint density at radius 2 is 1.87 bits per heavy atom. The van der Waals surface area contributed by atoms with Crippen LogP contribution in [0.3, 0.4) is 0 Å². The minimum absolute atomic E-state index is 0.0833. The number of rotatable bonds is 6. The fourth-order valence-electron chi connectivity index (χ4n) is 4.09. The summed E-state index contributed by atoms with van der Waals surface area (Å²) in [5.41, 5.74) is 0.696. The van der Waals surface area contributed by atoms with Gasteiger partial charge >= 0.3 is 5.97 Å². The fourth-order valence-corrected chi connectivity index (χ4v) is 4.22. The SMILES string of the molecule is CCOC(=O)C1CCCN(C(=O)CN(C)C(=O)C2CC(=O)N(c3ccc(Cl)cc3)C2)C1. The van der Waals surface area contributed by atoms with Crippen molar-refractivity contribution in [2.45, 2.75) is 26.2 Å². The largest absolute Gasteiger partial charge is 0.466 e. The third kappa shape index (κ3) is 5.55. The van der Waals surface area contributed by atoms with Crippen LogP contribution in [0.1, 0.15) is 26.2 Å². The van der Waals surface area contributed by atoms with Gasteiger partial charge in [-0.25, -0.2) is 0 Å². The Balaban J connectivity index is 1.55.